The summed E-state index contributed by atoms with van der Waals surface area (Å²) in [4.78, 5) is 6.19. The molecular formula is C9H17F2NO. The van der Waals surface area contributed by atoms with Crippen LogP contribution in [0, 0.1) is 5.41 Å². The number of nitrogens with zero attached hydrogens (tertiary/aromatic N) is 1. The fourth-order valence-electron chi connectivity index (χ4n) is 2.06. The SMILES string of the molecule is F.FOCC1(CN2CCCC2)CC1. The molecule has 0 aromatic rings. The molecule has 0 radical (unpaired) electrons. The van der Waals surface area contributed by atoms with Gasteiger partial charge in [-0.2, -0.15) is 4.94 Å². The third-order valence-corrected chi connectivity index (χ3v) is 3.08. The lowest BCUT2D eigenvalue weighted by Crippen LogP contribution is -2.29. The molecule has 0 amide bonds. The van der Waals surface area contributed by atoms with Gasteiger partial charge in [0.1, 0.15) is 0 Å². The van der Waals surface area contributed by atoms with E-state index in [0.717, 1.165) is 19.4 Å². The van der Waals surface area contributed by atoms with E-state index in [-0.39, 0.29) is 10.1 Å². The van der Waals surface area contributed by atoms with Gasteiger partial charge in [-0.05, 0) is 43.3 Å². The molecule has 0 aromatic heterocycles. The molecule has 2 nitrogen and oxygen atoms in total. The summed E-state index contributed by atoms with van der Waals surface area (Å²) >= 11 is 0. The van der Waals surface area contributed by atoms with E-state index in [0.29, 0.717) is 6.61 Å². The van der Waals surface area contributed by atoms with Gasteiger partial charge in [-0.1, -0.05) is 0 Å². The molecule has 1 heterocycles. The summed E-state index contributed by atoms with van der Waals surface area (Å²) < 4.78 is 11.7. The number of hydrogen-bond donors (Lipinski definition) is 0. The zero-order chi connectivity index (χ0) is 8.44. The van der Waals surface area contributed by atoms with Gasteiger partial charge in [-0.15, -0.1) is 0 Å². The molecule has 78 valence electrons. The largest absolute Gasteiger partial charge is 0.303 e. The lowest BCUT2D eigenvalue weighted by atomic mass is 10.1. The molecule has 1 saturated carbocycles. The van der Waals surface area contributed by atoms with Gasteiger partial charge < -0.3 is 4.90 Å². The lowest BCUT2D eigenvalue weighted by Gasteiger charge is -2.20. The molecule has 2 aliphatic rings. The topological polar surface area (TPSA) is 12.5 Å². The first-order valence-electron chi connectivity index (χ1n) is 4.81. The van der Waals surface area contributed by atoms with Gasteiger partial charge in [0.2, 0.25) is 0 Å². The highest BCUT2D eigenvalue weighted by molar-refractivity contribution is 4.95. The van der Waals surface area contributed by atoms with Gasteiger partial charge in [0.15, 0.2) is 0 Å². The highest BCUT2D eigenvalue weighted by Gasteiger charge is 2.44. The molecule has 13 heavy (non-hydrogen) atoms. The summed E-state index contributed by atoms with van der Waals surface area (Å²) in [6, 6.07) is 0. The van der Waals surface area contributed by atoms with Gasteiger partial charge in [0.05, 0.1) is 6.61 Å². The van der Waals surface area contributed by atoms with Crippen molar-refractivity contribution in [1.82, 2.24) is 4.90 Å². The van der Waals surface area contributed by atoms with Crippen LogP contribution in [0.2, 0.25) is 0 Å². The molecule has 0 atom stereocenters. The Kier molecular flexibility index (Phi) is 3.62. The minimum atomic E-state index is 0. The maximum absolute atomic E-state index is 11.7. The highest BCUT2D eigenvalue weighted by Crippen LogP contribution is 2.46. The Morgan fingerprint density at radius 2 is 1.85 bits per heavy atom. The summed E-state index contributed by atoms with van der Waals surface area (Å²) in [5.41, 5.74) is 0.194. The van der Waals surface area contributed by atoms with E-state index in [9.17, 15) is 4.53 Å². The summed E-state index contributed by atoms with van der Waals surface area (Å²) in [5, 5.41) is 0. The molecule has 1 aliphatic heterocycles. The van der Waals surface area contributed by atoms with Crippen molar-refractivity contribution >= 4 is 0 Å². The van der Waals surface area contributed by atoms with Crippen molar-refractivity contribution < 1.29 is 14.2 Å². The molecule has 0 spiro atoms. The second kappa shape index (κ2) is 4.33. The fraction of sp³-hybridized carbons (Fsp3) is 1.00. The maximum Gasteiger partial charge on any atom is 0.0944 e. The Bertz CT molecular complexity index is 156. The van der Waals surface area contributed by atoms with Crippen molar-refractivity contribution in [1.29, 1.82) is 0 Å². The Morgan fingerprint density at radius 1 is 1.23 bits per heavy atom. The van der Waals surface area contributed by atoms with E-state index in [2.05, 4.69) is 9.84 Å². The number of rotatable bonds is 4. The van der Waals surface area contributed by atoms with Gasteiger partial charge in [0.25, 0.3) is 0 Å². The van der Waals surface area contributed by atoms with E-state index in [1.165, 1.54) is 25.9 Å². The van der Waals surface area contributed by atoms with Crippen LogP contribution in [0.5, 0.6) is 0 Å². The minimum absolute atomic E-state index is 0. The van der Waals surface area contributed by atoms with Crippen LogP contribution in [0.3, 0.4) is 0 Å². The Hall–Kier alpha value is -0.220. The third kappa shape index (κ3) is 2.61. The molecule has 0 N–H and O–H groups in total. The minimum Gasteiger partial charge on any atom is -0.303 e. The molecule has 1 aliphatic carbocycles. The van der Waals surface area contributed by atoms with Crippen molar-refractivity contribution in [3.8, 4) is 0 Å². The van der Waals surface area contributed by atoms with E-state index >= 15 is 0 Å². The number of halogens is 2. The van der Waals surface area contributed by atoms with E-state index in [4.69, 9.17) is 0 Å². The number of hydrogen-bond acceptors (Lipinski definition) is 2. The molecule has 0 unspecified atom stereocenters. The van der Waals surface area contributed by atoms with Crippen LogP contribution in [0.25, 0.3) is 0 Å². The standard InChI is InChI=1S/C9H16FNO.FH/c10-12-8-9(3-4-9)7-11-5-1-2-6-11;/h1-8H2;1H. The predicted molar refractivity (Wildman–Crippen MR) is 46.9 cm³/mol. The Balaban J connectivity index is 0.000000845. The first-order valence-corrected chi connectivity index (χ1v) is 4.81. The maximum atomic E-state index is 11.7. The van der Waals surface area contributed by atoms with Gasteiger partial charge >= 0.3 is 0 Å². The van der Waals surface area contributed by atoms with Crippen molar-refractivity contribution in [3.05, 3.63) is 0 Å². The van der Waals surface area contributed by atoms with Crippen LogP contribution < -0.4 is 0 Å². The lowest BCUT2D eigenvalue weighted by molar-refractivity contribution is -0.151. The second-order valence-electron chi connectivity index (χ2n) is 4.24. The summed E-state index contributed by atoms with van der Waals surface area (Å²) in [6.45, 7) is 3.77. The summed E-state index contributed by atoms with van der Waals surface area (Å²) in [5.74, 6) is 0. The first kappa shape index (κ1) is 10.9. The van der Waals surface area contributed by atoms with Crippen LogP contribution in [0.15, 0.2) is 0 Å². The van der Waals surface area contributed by atoms with Crippen molar-refractivity contribution in [2.24, 2.45) is 5.41 Å². The van der Waals surface area contributed by atoms with Gasteiger partial charge in [0, 0.05) is 12.0 Å². The molecule has 2 rings (SSSR count). The predicted octanol–water partition coefficient (Wildman–Crippen LogP) is 1.92. The Morgan fingerprint density at radius 3 is 2.31 bits per heavy atom. The molecular weight excluding hydrogens is 176 g/mol. The van der Waals surface area contributed by atoms with Crippen LogP contribution in [0.4, 0.5) is 9.23 Å². The molecule has 4 heteroatoms. The van der Waals surface area contributed by atoms with Gasteiger partial charge in [-0.25, -0.2) is 0 Å². The smallest absolute Gasteiger partial charge is 0.0944 e. The monoisotopic (exact) mass is 193 g/mol. The van der Waals surface area contributed by atoms with Crippen LogP contribution in [-0.2, 0) is 4.94 Å². The summed E-state index contributed by atoms with van der Waals surface area (Å²) in [6.07, 6.45) is 4.92. The average Bonchev–Trinajstić information content (AvgIpc) is 2.63. The Labute approximate surface area is 77.3 Å². The van der Waals surface area contributed by atoms with E-state index < -0.39 is 0 Å². The summed E-state index contributed by atoms with van der Waals surface area (Å²) in [7, 11) is 0. The fourth-order valence-corrected chi connectivity index (χ4v) is 2.06. The molecule has 1 saturated heterocycles. The van der Waals surface area contributed by atoms with Crippen molar-refractivity contribution in [2.75, 3.05) is 26.2 Å². The zero-order valence-electron chi connectivity index (χ0n) is 7.80. The first-order chi connectivity index (χ1) is 5.85. The quantitative estimate of drug-likeness (QED) is 0.676. The highest BCUT2D eigenvalue weighted by atomic mass is 19.3. The van der Waals surface area contributed by atoms with Gasteiger partial charge in [-0.3, -0.25) is 4.70 Å². The van der Waals surface area contributed by atoms with Crippen molar-refractivity contribution in [3.63, 3.8) is 0 Å². The number of likely N-dealkylation sites (tertiary alicyclic amines) is 1. The zero-order valence-corrected chi connectivity index (χ0v) is 7.80. The van der Waals surface area contributed by atoms with Crippen LogP contribution >= 0.6 is 0 Å². The molecule has 2 fully saturated rings. The normalized spacial score (nSPS) is 25.6. The molecule has 0 bridgehead atoms. The van der Waals surface area contributed by atoms with Crippen molar-refractivity contribution in [2.45, 2.75) is 25.7 Å². The van der Waals surface area contributed by atoms with E-state index in [1.54, 1.807) is 0 Å². The van der Waals surface area contributed by atoms with Crippen LogP contribution in [0.1, 0.15) is 25.7 Å². The van der Waals surface area contributed by atoms with E-state index in [1.807, 2.05) is 0 Å². The average molecular weight is 193 g/mol. The van der Waals surface area contributed by atoms with Crippen LogP contribution in [-0.4, -0.2) is 31.1 Å². The second-order valence-corrected chi connectivity index (χ2v) is 4.24. The third-order valence-electron chi connectivity index (χ3n) is 3.08. The molecule has 0 aromatic carbocycles.